The summed E-state index contributed by atoms with van der Waals surface area (Å²) in [5.74, 6) is 0.194. The van der Waals surface area contributed by atoms with Gasteiger partial charge in [0, 0.05) is 11.3 Å². The second kappa shape index (κ2) is 3.19. The Kier molecular flexibility index (Phi) is 2.26. The van der Waals surface area contributed by atoms with Crippen LogP contribution in [0.25, 0.3) is 0 Å². The first kappa shape index (κ1) is 7.79. The number of rotatable bonds is 2. The summed E-state index contributed by atoms with van der Waals surface area (Å²) >= 11 is 0. The number of aromatic hydroxyl groups is 1. The van der Waals surface area contributed by atoms with E-state index >= 15 is 0 Å². The predicted octanol–water partition coefficient (Wildman–Crippen LogP) is 2.17. The maximum absolute atomic E-state index is 9.27. The van der Waals surface area contributed by atoms with Gasteiger partial charge in [-0.25, -0.2) is 0 Å². The van der Waals surface area contributed by atoms with E-state index in [9.17, 15) is 5.11 Å². The fraction of sp³-hybridized carbons (Fsp3) is 0.222. The normalized spacial score (nSPS) is 9.55. The highest BCUT2D eigenvalue weighted by atomic mass is 16.3. The van der Waals surface area contributed by atoms with Crippen molar-refractivity contribution in [2.75, 3.05) is 0 Å². The number of benzene rings is 1. The number of hydrogen-bond donors (Lipinski definition) is 2. The van der Waals surface area contributed by atoms with E-state index < -0.39 is 0 Å². The first-order valence-electron chi connectivity index (χ1n) is 3.61. The molecule has 0 aliphatic rings. The van der Waals surface area contributed by atoms with Gasteiger partial charge in [0.05, 0.1) is 0 Å². The van der Waals surface area contributed by atoms with Crippen LogP contribution in [0.15, 0.2) is 24.3 Å². The van der Waals surface area contributed by atoms with Gasteiger partial charge in [0.15, 0.2) is 0 Å². The van der Waals surface area contributed by atoms with Crippen molar-refractivity contribution < 1.29 is 5.11 Å². The molecule has 58 valence electrons. The molecule has 0 bridgehead atoms. The number of para-hydroxylation sites is 1. The molecule has 11 heavy (non-hydrogen) atoms. The van der Waals surface area contributed by atoms with Crippen LogP contribution in [0.5, 0.6) is 5.75 Å². The van der Waals surface area contributed by atoms with Crippen molar-refractivity contribution in [3.63, 3.8) is 0 Å². The van der Waals surface area contributed by atoms with Gasteiger partial charge in [-0.1, -0.05) is 19.1 Å². The lowest BCUT2D eigenvalue weighted by Gasteiger charge is -2.02. The third kappa shape index (κ3) is 1.58. The molecule has 0 saturated heterocycles. The molecule has 0 aliphatic carbocycles. The predicted molar refractivity (Wildman–Crippen MR) is 45.2 cm³/mol. The fourth-order valence-corrected chi connectivity index (χ4v) is 0.919. The minimum Gasteiger partial charge on any atom is -0.507 e. The molecule has 1 rings (SSSR count). The largest absolute Gasteiger partial charge is 0.507 e. The summed E-state index contributed by atoms with van der Waals surface area (Å²) in [5, 5.41) is 16.7. The SMILES string of the molecule is CCC(=N)c1ccccc1O. The van der Waals surface area contributed by atoms with Crippen LogP contribution < -0.4 is 0 Å². The average Bonchev–Trinajstić information content (AvgIpc) is 2.04. The Hall–Kier alpha value is -1.31. The van der Waals surface area contributed by atoms with Gasteiger partial charge >= 0.3 is 0 Å². The third-order valence-corrected chi connectivity index (χ3v) is 1.58. The molecular weight excluding hydrogens is 138 g/mol. The Morgan fingerprint density at radius 1 is 1.45 bits per heavy atom. The van der Waals surface area contributed by atoms with Crippen LogP contribution in [0.4, 0.5) is 0 Å². The van der Waals surface area contributed by atoms with Gasteiger partial charge in [0.2, 0.25) is 0 Å². The Labute approximate surface area is 66.0 Å². The monoisotopic (exact) mass is 149 g/mol. The van der Waals surface area contributed by atoms with Crippen LogP contribution in [-0.2, 0) is 0 Å². The lowest BCUT2D eigenvalue weighted by Crippen LogP contribution is -1.95. The molecule has 1 aromatic rings. The zero-order valence-electron chi connectivity index (χ0n) is 6.46. The molecule has 0 aromatic heterocycles. The van der Waals surface area contributed by atoms with Gasteiger partial charge < -0.3 is 10.5 Å². The Balaban J connectivity index is 3.03. The first-order valence-corrected chi connectivity index (χ1v) is 3.61. The van der Waals surface area contributed by atoms with Gasteiger partial charge in [-0.05, 0) is 18.6 Å². The molecule has 2 nitrogen and oxygen atoms in total. The molecule has 0 atom stereocenters. The molecule has 0 fully saturated rings. The Morgan fingerprint density at radius 2 is 2.09 bits per heavy atom. The van der Waals surface area contributed by atoms with Gasteiger partial charge in [-0.2, -0.15) is 0 Å². The van der Waals surface area contributed by atoms with Crippen LogP contribution in [0, 0.1) is 5.41 Å². The minimum atomic E-state index is 0.194. The summed E-state index contributed by atoms with van der Waals surface area (Å²) < 4.78 is 0. The van der Waals surface area contributed by atoms with Gasteiger partial charge in [-0.3, -0.25) is 0 Å². The standard InChI is InChI=1S/C9H11NO/c1-2-8(10)7-5-3-4-6-9(7)11/h3-6,10-11H,2H2,1H3. The van der Waals surface area contributed by atoms with Crippen LogP contribution in [0.2, 0.25) is 0 Å². The summed E-state index contributed by atoms with van der Waals surface area (Å²) in [6.07, 6.45) is 0.650. The van der Waals surface area contributed by atoms with Gasteiger partial charge in [0.25, 0.3) is 0 Å². The van der Waals surface area contributed by atoms with E-state index in [1.165, 1.54) is 0 Å². The highest BCUT2D eigenvalue weighted by molar-refractivity contribution is 6.00. The van der Waals surface area contributed by atoms with Crippen LogP contribution >= 0.6 is 0 Å². The molecule has 0 radical (unpaired) electrons. The highest BCUT2D eigenvalue weighted by Crippen LogP contribution is 2.16. The van der Waals surface area contributed by atoms with E-state index in [0.29, 0.717) is 17.7 Å². The van der Waals surface area contributed by atoms with Gasteiger partial charge in [-0.15, -0.1) is 0 Å². The van der Waals surface area contributed by atoms with E-state index in [0.717, 1.165) is 0 Å². The van der Waals surface area contributed by atoms with Crippen molar-refractivity contribution in [1.82, 2.24) is 0 Å². The quantitative estimate of drug-likeness (QED) is 0.622. The highest BCUT2D eigenvalue weighted by Gasteiger charge is 2.02. The zero-order chi connectivity index (χ0) is 8.27. The van der Waals surface area contributed by atoms with Crippen molar-refractivity contribution in [3.05, 3.63) is 29.8 Å². The molecule has 2 heteroatoms. The molecule has 0 saturated carbocycles. The van der Waals surface area contributed by atoms with Crippen molar-refractivity contribution in [2.45, 2.75) is 13.3 Å². The molecule has 2 N–H and O–H groups in total. The summed E-state index contributed by atoms with van der Waals surface area (Å²) in [4.78, 5) is 0. The summed E-state index contributed by atoms with van der Waals surface area (Å²) in [6, 6.07) is 6.92. The van der Waals surface area contributed by atoms with E-state index in [2.05, 4.69) is 0 Å². The molecular formula is C9H11NO. The Morgan fingerprint density at radius 3 is 2.64 bits per heavy atom. The van der Waals surface area contributed by atoms with Crippen molar-refractivity contribution in [3.8, 4) is 5.75 Å². The molecule has 0 amide bonds. The van der Waals surface area contributed by atoms with Crippen LogP contribution in [0.3, 0.4) is 0 Å². The van der Waals surface area contributed by atoms with Crippen LogP contribution in [0.1, 0.15) is 18.9 Å². The molecule has 0 aliphatic heterocycles. The fourth-order valence-electron chi connectivity index (χ4n) is 0.919. The van der Waals surface area contributed by atoms with Crippen molar-refractivity contribution in [2.24, 2.45) is 0 Å². The molecule has 0 heterocycles. The number of phenols is 1. The average molecular weight is 149 g/mol. The molecule has 1 aromatic carbocycles. The van der Waals surface area contributed by atoms with E-state index in [-0.39, 0.29) is 5.75 Å². The van der Waals surface area contributed by atoms with Crippen molar-refractivity contribution >= 4 is 5.71 Å². The van der Waals surface area contributed by atoms with E-state index in [1.54, 1.807) is 18.2 Å². The van der Waals surface area contributed by atoms with Crippen LogP contribution in [-0.4, -0.2) is 10.8 Å². The van der Waals surface area contributed by atoms with Gasteiger partial charge in [0.1, 0.15) is 5.75 Å². The molecule has 0 unspecified atom stereocenters. The maximum atomic E-state index is 9.27. The summed E-state index contributed by atoms with van der Waals surface area (Å²) in [5.41, 5.74) is 1.11. The Bertz CT molecular complexity index is 268. The number of hydrogen-bond acceptors (Lipinski definition) is 2. The van der Waals surface area contributed by atoms with E-state index in [1.807, 2.05) is 13.0 Å². The second-order valence-electron chi connectivity index (χ2n) is 2.35. The summed E-state index contributed by atoms with van der Waals surface area (Å²) in [7, 11) is 0. The molecule has 0 spiro atoms. The number of phenolic OH excluding ortho intramolecular Hbond substituents is 1. The minimum absolute atomic E-state index is 0.194. The smallest absolute Gasteiger partial charge is 0.124 e. The second-order valence-corrected chi connectivity index (χ2v) is 2.35. The maximum Gasteiger partial charge on any atom is 0.124 e. The summed E-state index contributed by atoms with van der Waals surface area (Å²) in [6.45, 7) is 1.90. The third-order valence-electron chi connectivity index (χ3n) is 1.58. The lowest BCUT2D eigenvalue weighted by atomic mass is 10.1. The lowest BCUT2D eigenvalue weighted by molar-refractivity contribution is 0.474. The topological polar surface area (TPSA) is 44.1 Å². The first-order chi connectivity index (χ1) is 5.25. The zero-order valence-corrected chi connectivity index (χ0v) is 6.46. The van der Waals surface area contributed by atoms with Crippen molar-refractivity contribution in [1.29, 1.82) is 5.41 Å². The number of nitrogens with one attached hydrogen (secondary N) is 1. The van der Waals surface area contributed by atoms with E-state index in [4.69, 9.17) is 5.41 Å².